The van der Waals surface area contributed by atoms with Crippen molar-refractivity contribution in [3.05, 3.63) is 11.6 Å². The number of aliphatic hydroxyl groups is 7. The van der Waals surface area contributed by atoms with E-state index in [2.05, 4.69) is 54.5 Å². The Kier molecular flexibility index (Phi) is 12.0. The first-order chi connectivity index (χ1) is 27.9. The van der Waals surface area contributed by atoms with Gasteiger partial charge < -0.3 is 64.5 Å². The molecule has 340 valence electrons. The van der Waals surface area contributed by atoms with Crippen molar-refractivity contribution >= 4 is 17.9 Å². The van der Waals surface area contributed by atoms with E-state index < -0.39 is 109 Å². The fraction of sp³-hybridized carbons (Fsp3) is 0.886. The molecular formula is C44H68O16. The van der Waals surface area contributed by atoms with Gasteiger partial charge in [-0.05, 0) is 103 Å². The Morgan fingerprint density at radius 2 is 1.47 bits per heavy atom. The van der Waals surface area contributed by atoms with Crippen molar-refractivity contribution < 1.29 is 78.9 Å². The van der Waals surface area contributed by atoms with E-state index in [4.69, 9.17) is 28.8 Å². The number of aliphatic hydroxyl groups excluding tert-OH is 7. The van der Waals surface area contributed by atoms with Crippen LogP contribution in [0.4, 0.5) is 0 Å². The number of fused-ring (bicyclic) bond motifs is 7. The van der Waals surface area contributed by atoms with Crippen LogP contribution in [0.5, 0.6) is 0 Å². The molecule has 7 aliphatic rings. The SMILES string of the molecule is CC1(C)CC[C@]2(C(=O)O[C@@H]3O[C@H](CO)[C@@H](O)[C@H](O)[C@H]3O)CC[C@]3(C)C(=CCC4[C@@]5(C)C[C@H](O)[C@H](O[C@@H]6OC[C@@H](O)[C@H](OC(=O)CC(=O)O)[C@H]6O)C(C)(C)C5CC[C@]43C)[C@@H]2C1. The second-order valence-electron chi connectivity index (χ2n) is 21.4. The van der Waals surface area contributed by atoms with Crippen LogP contribution in [0, 0.1) is 50.2 Å². The summed E-state index contributed by atoms with van der Waals surface area (Å²) in [5, 5.41) is 84.2. The maximum atomic E-state index is 14.6. The molecule has 6 fully saturated rings. The number of ether oxygens (including phenoxy) is 5. The van der Waals surface area contributed by atoms with E-state index in [1.807, 2.05) is 0 Å². The monoisotopic (exact) mass is 852 g/mol. The minimum Gasteiger partial charge on any atom is -0.481 e. The third-order valence-electron chi connectivity index (χ3n) is 17.3. The number of carbonyl (C=O) groups excluding carboxylic acids is 2. The lowest BCUT2D eigenvalue weighted by molar-refractivity contribution is -0.324. The lowest BCUT2D eigenvalue weighted by atomic mass is 9.33. The highest BCUT2D eigenvalue weighted by molar-refractivity contribution is 5.90. The Labute approximate surface area is 351 Å². The van der Waals surface area contributed by atoms with Gasteiger partial charge in [0.25, 0.3) is 0 Å². The van der Waals surface area contributed by atoms with Crippen LogP contribution in [-0.2, 0) is 38.1 Å². The van der Waals surface area contributed by atoms with E-state index in [1.165, 1.54) is 5.57 Å². The van der Waals surface area contributed by atoms with Crippen LogP contribution in [0.15, 0.2) is 11.6 Å². The molecule has 0 radical (unpaired) electrons. The zero-order valence-corrected chi connectivity index (χ0v) is 36.0. The highest BCUT2D eigenvalue weighted by Gasteiger charge is 2.71. The second-order valence-corrected chi connectivity index (χ2v) is 21.4. The van der Waals surface area contributed by atoms with Crippen molar-refractivity contribution in [3.8, 4) is 0 Å². The number of aliphatic carboxylic acids is 1. The number of esters is 2. The number of hydrogen-bond donors (Lipinski definition) is 8. The Bertz CT molecular complexity index is 1700. The molecule has 18 atom stereocenters. The van der Waals surface area contributed by atoms with E-state index >= 15 is 0 Å². The molecule has 4 saturated carbocycles. The molecule has 2 heterocycles. The number of carbonyl (C=O) groups is 3. The highest BCUT2D eigenvalue weighted by Crippen LogP contribution is 2.76. The molecule has 2 aliphatic heterocycles. The summed E-state index contributed by atoms with van der Waals surface area (Å²) >= 11 is 0. The minimum absolute atomic E-state index is 0.0651. The van der Waals surface area contributed by atoms with Gasteiger partial charge in [0.2, 0.25) is 6.29 Å². The Hall–Kier alpha value is -2.25. The quantitative estimate of drug-likeness (QED) is 0.0751. The molecule has 0 aromatic heterocycles. The molecule has 16 heteroatoms. The molecule has 7 rings (SSSR count). The maximum absolute atomic E-state index is 14.6. The van der Waals surface area contributed by atoms with Crippen LogP contribution < -0.4 is 0 Å². The number of carboxylic acid groups (broad SMARTS) is 1. The lowest BCUT2D eigenvalue weighted by Gasteiger charge is -2.71. The molecule has 0 aromatic carbocycles. The molecule has 0 spiro atoms. The molecule has 0 amide bonds. The summed E-state index contributed by atoms with van der Waals surface area (Å²) in [6, 6.07) is 0. The van der Waals surface area contributed by atoms with E-state index in [9.17, 15) is 50.1 Å². The largest absolute Gasteiger partial charge is 0.481 e. The predicted molar refractivity (Wildman–Crippen MR) is 209 cm³/mol. The first-order valence-corrected chi connectivity index (χ1v) is 21.8. The van der Waals surface area contributed by atoms with Gasteiger partial charge in [-0.1, -0.05) is 60.1 Å². The number of allylic oxidation sites excluding steroid dienone is 2. The highest BCUT2D eigenvalue weighted by atomic mass is 16.7. The topological polar surface area (TPSA) is 259 Å². The van der Waals surface area contributed by atoms with Crippen LogP contribution in [0.3, 0.4) is 0 Å². The molecule has 5 aliphatic carbocycles. The third-order valence-corrected chi connectivity index (χ3v) is 17.3. The maximum Gasteiger partial charge on any atom is 0.317 e. The first-order valence-electron chi connectivity index (χ1n) is 21.8. The van der Waals surface area contributed by atoms with Gasteiger partial charge in [0.15, 0.2) is 12.4 Å². The second kappa shape index (κ2) is 15.8. The third kappa shape index (κ3) is 7.16. The van der Waals surface area contributed by atoms with Gasteiger partial charge in [0.1, 0.15) is 43.0 Å². The van der Waals surface area contributed by atoms with Gasteiger partial charge in [0.05, 0.1) is 30.8 Å². The Morgan fingerprint density at radius 1 is 0.783 bits per heavy atom. The van der Waals surface area contributed by atoms with E-state index in [1.54, 1.807) is 0 Å². The standard InChI is InChI=1S/C44H68O16/c1-39(2)12-14-44(38(55)60-37-32(53)31(52)30(51)25(19-45)57-37)15-13-42(6)21(22(44)17-39)8-9-27-41(5)18-23(46)35(40(3,4)26(41)10-11-43(27,42)7)59-36-33(54)34(24(47)20-56-36)58-29(50)16-28(48)49/h8,22-27,30-37,45-47,51-54H,9-20H2,1-7H3,(H,48,49)/t22-,23-,24+,25+,26?,27?,30+,31-,32+,33+,34-,35-,36-,37-,41-,42+,43+,44-/m0/s1. The lowest BCUT2D eigenvalue weighted by Crippen LogP contribution is -2.68. The summed E-state index contributed by atoms with van der Waals surface area (Å²) in [7, 11) is 0. The fourth-order valence-electron chi connectivity index (χ4n) is 13.9. The number of rotatable bonds is 8. The molecule has 60 heavy (non-hydrogen) atoms. The van der Waals surface area contributed by atoms with Crippen LogP contribution in [-0.4, -0.2) is 139 Å². The van der Waals surface area contributed by atoms with E-state index in [0.717, 1.165) is 32.1 Å². The Morgan fingerprint density at radius 3 is 2.13 bits per heavy atom. The predicted octanol–water partition coefficient (Wildman–Crippen LogP) is 1.95. The Balaban J connectivity index is 1.14. The summed E-state index contributed by atoms with van der Waals surface area (Å²) in [4.78, 5) is 37.8. The van der Waals surface area contributed by atoms with Gasteiger partial charge in [0, 0.05) is 0 Å². The van der Waals surface area contributed by atoms with Gasteiger partial charge in [-0.15, -0.1) is 0 Å². The van der Waals surface area contributed by atoms with Crippen molar-refractivity contribution in [1.82, 2.24) is 0 Å². The summed E-state index contributed by atoms with van der Waals surface area (Å²) in [6.07, 6.45) is -7.81. The summed E-state index contributed by atoms with van der Waals surface area (Å²) in [5.74, 6) is -3.00. The van der Waals surface area contributed by atoms with Crippen molar-refractivity contribution in [3.63, 3.8) is 0 Å². The van der Waals surface area contributed by atoms with E-state index in [0.29, 0.717) is 25.7 Å². The fourth-order valence-corrected chi connectivity index (χ4v) is 13.9. The van der Waals surface area contributed by atoms with Crippen LogP contribution in [0.2, 0.25) is 0 Å². The van der Waals surface area contributed by atoms with E-state index in [-0.39, 0.29) is 46.0 Å². The first kappa shape index (κ1) is 45.8. The van der Waals surface area contributed by atoms with Gasteiger partial charge in [-0.2, -0.15) is 0 Å². The summed E-state index contributed by atoms with van der Waals surface area (Å²) in [6.45, 7) is 14.6. The minimum atomic E-state index is -1.69. The molecule has 2 saturated heterocycles. The van der Waals surface area contributed by atoms with Crippen molar-refractivity contribution in [2.24, 2.45) is 50.2 Å². The molecule has 2 unspecified atom stereocenters. The molecular weight excluding hydrogens is 784 g/mol. The average Bonchev–Trinajstić information content (AvgIpc) is 3.15. The molecule has 16 nitrogen and oxygen atoms in total. The van der Waals surface area contributed by atoms with Gasteiger partial charge in [-0.25, -0.2) is 0 Å². The zero-order valence-electron chi connectivity index (χ0n) is 36.0. The normalized spacial score (nSPS) is 49.5. The summed E-state index contributed by atoms with van der Waals surface area (Å²) in [5.41, 5.74) is -1.28. The van der Waals surface area contributed by atoms with Crippen LogP contribution >= 0.6 is 0 Å². The smallest absolute Gasteiger partial charge is 0.317 e. The summed E-state index contributed by atoms with van der Waals surface area (Å²) < 4.78 is 28.9. The van der Waals surface area contributed by atoms with Crippen molar-refractivity contribution in [2.75, 3.05) is 13.2 Å². The average molecular weight is 853 g/mol. The van der Waals surface area contributed by atoms with Gasteiger partial charge in [-0.3, -0.25) is 14.4 Å². The molecule has 0 bridgehead atoms. The van der Waals surface area contributed by atoms with Crippen molar-refractivity contribution in [1.29, 1.82) is 0 Å². The number of carboxylic acids is 1. The molecule has 0 aromatic rings. The van der Waals surface area contributed by atoms with Crippen LogP contribution in [0.1, 0.15) is 113 Å². The number of hydrogen-bond acceptors (Lipinski definition) is 15. The van der Waals surface area contributed by atoms with Gasteiger partial charge >= 0.3 is 17.9 Å². The zero-order chi connectivity index (χ0) is 44.1. The van der Waals surface area contributed by atoms with Crippen molar-refractivity contribution in [2.45, 2.75) is 180 Å². The molecule has 8 N–H and O–H groups in total. The van der Waals surface area contributed by atoms with Crippen LogP contribution in [0.25, 0.3) is 0 Å².